The topological polar surface area (TPSA) is 27.1 Å². The molecule has 2 rings (SSSR count). The van der Waals surface area contributed by atoms with Crippen LogP contribution in [0.5, 0.6) is 5.75 Å². The van der Waals surface area contributed by atoms with Crippen LogP contribution in [0.25, 0.3) is 0 Å². The molecule has 0 saturated heterocycles. The lowest BCUT2D eigenvalue weighted by Crippen LogP contribution is -1.95. The van der Waals surface area contributed by atoms with Crippen LogP contribution in [-0.4, -0.2) is 15.7 Å². The molecule has 3 nitrogen and oxygen atoms in total. The zero-order chi connectivity index (χ0) is 13.7. The Balaban J connectivity index is 2.03. The van der Waals surface area contributed by atoms with Crippen LogP contribution in [0.2, 0.25) is 0 Å². The zero-order valence-corrected chi connectivity index (χ0v) is 11.7. The Bertz CT molecular complexity index is 623. The number of rotatable bonds is 3. The summed E-state index contributed by atoms with van der Waals surface area (Å²) in [7, 11) is 1.89. The smallest absolute Gasteiger partial charge is 0.120 e. The van der Waals surface area contributed by atoms with Gasteiger partial charge in [-0.25, -0.2) is 0 Å². The number of benzene rings is 1. The third-order valence-corrected chi connectivity index (χ3v) is 2.79. The van der Waals surface area contributed by atoms with Gasteiger partial charge in [0, 0.05) is 24.4 Å². The molecule has 0 aliphatic heterocycles. The van der Waals surface area contributed by atoms with Gasteiger partial charge in [-0.3, -0.25) is 4.68 Å². The highest BCUT2D eigenvalue weighted by atomic mass is 35.5. The van der Waals surface area contributed by atoms with Crippen LogP contribution in [0.4, 0.5) is 0 Å². The Labute approximate surface area is 118 Å². The molecule has 0 aliphatic rings. The van der Waals surface area contributed by atoms with Gasteiger partial charge in [-0.15, -0.1) is 11.6 Å². The molecule has 2 aromatic rings. The van der Waals surface area contributed by atoms with Crippen LogP contribution in [0.1, 0.15) is 16.7 Å². The quantitative estimate of drug-likeness (QED) is 0.636. The zero-order valence-electron chi connectivity index (χ0n) is 11.0. The molecule has 0 unspecified atom stereocenters. The fraction of sp³-hybridized carbons (Fsp3) is 0.267. The van der Waals surface area contributed by atoms with Crippen LogP contribution in [0, 0.1) is 18.8 Å². The summed E-state index contributed by atoms with van der Waals surface area (Å²) in [6, 6.07) is 5.85. The van der Waals surface area contributed by atoms with Crippen LogP contribution in [0.15, 0.2) is 30.6 Å². The Hall–Kier alpha value is -1.92. The fourth-order valence-electron chi connectivity index (χ4n) is 1.71. The summed E-state index contributed by atoms with van der Waals surface area (Å²) in [6.07, 6.45) is 3.74. The second-order valence-corrected chi connectivity index (χ2v) is 4.49. The van der Waals surface area contributed by atoms with Crippen molar-refractivity contribution in [2.45, 2.75) is 13.5 Å². The first-order valence-corrected chi connectivity index (χ1v) is 6.48. The monoisotopic (exact) mass is 274 g/mol. The van der Waals surface area contributed by atoms with Crippen molar-refractivity contribution in [3.05, 3.63) is 47.3 Å². The van der Waals surface area contributed by atoms with Crippen LogP contribution in [-0.2, 0) is 13.7 Å². The molecule has 1 aromatic carbocycles. The number of aryl methyl sites for hydroxylation is 2. The van der Waals surface area contributed by atoms with E-state index in [0.29, 0.717) is 12.5 Å². The van der Waals surface area contributed by atoms with Gasteiger partial charge in [0.05, 0.1) is 12.1 Å². The summed E-state index contributed by atoms with van der Waals surface area (Å²) in [5.41, 5.74) is 3.11. The maximum atomic E-state index is 5.72. The minimum atomic E-state index is 0.346. The summed E-state index contributed by atoms with van der Waals surface area (Å²) in [4.78, 5) is 0. The van der Waals surface area contributed by atoms with E-state index in [4.69, 9.17) is 16.3 Å². The first-order valence-electron chi connectivity index (χ1n) is 5.95. The first kappa shape index (κ1) is 13.5. The van der Waals surface area contributed by atoms with Gasteiger partial charge in [0.1, 0.15) is 12.4 Å². The van der Waals surface area contributed by atoms with Crippen molar-refractivity contribution in [3.8, 4) is 17.6 Å². The third kappa shape index (κ3) is 3.77. The van der Waals surface area contributed by atoms with E-state index in [2.05, 4.69) is 16.9 Å². The lowest BCUT2D eigenvalue weighted by atomic mass is 10.1. The molecule has 1 aromatic heterocycles. The van der Waals surface area contributed by atoms with Gasteiger partial charge in [-0.2, -0.15) is 5.10 Å². The molecule has 0 atom stereocenters. The normalized spacial score (nSPS) is 9.84. The van der Waals surface area contributed by atoms with Crippen molar-refractivity contribution in [1.29, 1.82) is 0 Å². The Morgan fingerprint density at radius 1 is 1.42 bits per heavy atom. The molecule has 0 saturated carbocycles. The Kier molecular flexibility index (Phi) is 4.48. The van der Waals surface area contributed by atoms with Gasteiger partial charge in [0.25, 0.3) is 0 Å². The molecule has 0 N–H and O–H groups in total. The second-order valence-electron chi connectivity index (χ2n) is 4.22. The van der Waals surface area contributed by atoms with Crippen molar-refractivity contribution >= 4 is 11.6 Å². The van der Waals surface area contributed by atoms with E-state index in [9.17, 15) is 0 Å². The van der Waals surface area contributed by atoms with Gasteiger partial charge in [-0.1, -0.05) is 11.8 Å². The van der Waals surface area contributed by atoms with E-state index >= 15 is 0 Å². The minimum Gasteiger partial charge on any atom is -0.489 e. The predicted molar refractivity (Wildman–Crippen MR) is 76.3 cm³/mol. The molecule has 0 bridgehead atoms. The highest BCUT2D eigenvalue weighted by molar-refractivity contribution is 6.19. The van der Waals surface area contributed by atoms with Gasteiger partial charge in [-0.05, 0) is 30.7 Å². The van der Waals surface area contributed by atoms with E-state index < -0.39 is 0 Å². The maximum absolute atomic E-state index is 5.72. The molecule has 0 radical (unpaired) electrons. The van der Waals surface area contributed by atoms with Crippen molar-refractivity contribution in [2.75, 3.05) is 5.88 Å². The standard InChI is InChI=1S/C15H15ClN2O/c1-12-8-15(6-5-14(12)4-3-7-16)19-11-13-9-17-18(2)10-13/h5-6,8-10H,7,11H2,1-2H3. The van der Waals surface area contributed by atoms with Crippen molar-refractivity contribution in [3.63, 3.8) is 0 Å². The average molecular weight is 275 g/mol. The molecular weight excluding hydrogens is 260 g/mol. The van der Waals surface area contributed by atoms with E-state index in [1.807, 2.05) is 38.4 Å². The molecule has 98 valence electrons. The van der Waals surface area contributed by atoms with Crippen molar-refractivity contribution in [2.24, 2.45) is 7.05 Å². The van der Waals surface area contributed by atoms with E-state index in [0.717, 1.165) is 22.4 Å². The van der Waals surface area contributed by atoms with E-state index in [1.54, 1.807) is 10.9 Å². The lowest BCUT2D eigenvalue weighted by molar-refractivity contribution is 0.306. The van der Waals surface area contributed by atoms with E-state index in [-0.39, 0.29) is 0 Å². The second kappa shape index (κ2) is 6.31. The number of halogens is 1. The summed E-state index contributed by atoms with van der Waals surface area (Å²) in [5, 5.41) is 4.10. The number of aromatic nitrogens is 2. The molecule has 4 heteroatoms. The maximum Gasteiger partial charge on any atom is 0.120 e. The molecular formula is C15H15ClN2O. The van der Waals surface area contributed by atoms with Gasteiger partial charge < -0.3 is 4.74 Å². The summed E-state index contributed by atoms with van der Waals surface area (Å²) >= 11 is 5.55. The molecule has 0 aliphatic carbocycles. The largest absolute Gasteiger partial charge is 0.489 e. The highest BCUT2D eigenvalue weighted by Gasteiger charge is 2.01. The number of ether oxygens (including phenoxy) is 1. The van der Waals surface area contributed by atoms with Gasteiger partial charge in [0.2, 0.25) is 0 Å². The fourth-order valence-corrected chi connectivity index (χ4v) is 1.77. The summed E-state index contributed by atoms with van der Waals surface area (Å²) in [6.45, 7) is 2.52. The van der Waals surface area contributed by atoms with Crippen LogP contribution < -0.4 is 4.74 Å². The van der Waals surface area contributed by atoms with Crippen molar-refractivity contribution < 1.29 is 4.74 Å². The first-order chi connectivity index (χ1) is 9.19. The third-order valence-electron chi connectivity index (χ3n) is 2.65. The predicted octanol–water partition coefficient (Wildman–Crippen LogP) is 2.90. The van der Waals surface area contributed by atoms with Gasteiger partial charge in [0.15, 0.2) is 0 Å². The average Bonchev–Trinajstić information content (AvgIpc) is 2.81. The number of alkyl halides is 1. The van der Waals surface area contributed by atoms with E-state index in [1.165, 1.54) is 0 Å². The molecule has 0 spiro atoms. The van der Waals surface area contributed by atoms with Crippen molar-refractivity contribution in [1.82, 2.24) is 9.78 Å². The highest BCUT2D eigenvalue weighted by Crippen LogP contribution is 2.17. The molecule has 0 fully saturated rings. The number of hydrogen-bond acceptors (Lipinski definition) is 2. The number of hydrogen-bond donors (Lipinski definition) is 0. The van der Waals surface area contributed by atoms with Gasteiger partial charge >= 0.3 is 0 Å². The Morgan fingerprint density at radius 2 is 2.26 bits per heavy atom. The molecule has 1 heterocycles. The summed E-state index contributed by atoms with van der Waals surface area (Å²) in [5.74, 6) is 7.04. The Morgan fingerprint density at radius 3 is 2.89 bits per heavy atom. The number of nitrogens with zero attached hydrogens (tertiary/aromatic N) is 2. The minimum absolute atomic E-state index is 0.346. The van der Waals surface area contributed by atoms with Crippen LogP contribution in [0.3, 0.4) is 0 Å². The lowest BCUT2D eigenvalue weighted by Gasteiger charge is -2.06. The van der Waals surface area contributed by atoms with Crippen LogP contribution >= 0.6 is 11.6 Å². The molecule has 19 heavy (non-hydrogen) atoms. The molecule has 0 amide bonds. The summed E-state index contributed by atoms with van der Waals surface area (Å²) < 4.78 is 7.48. The SMILES string of the molecule is Cc1cc(OCc2cnn(C)c2)ccc1C#CCCl.